The maximum Gasteiger partial charge on any atom is 0.351 e. The molecule has 1 atom stereocenters. The molecule has 1 aliphatic heterocycles. The molecule has 2 rings (SSSR count). The SMILES string of the molecule is COC(=O)c1ccccc1S(=O)(=O)NC(=O)N1CC(C)C=N1. The van der Waals surface area contributed by atoms with Crippen LogP contribution in [0.1, 0.15) is 17.3 Å². The number of sulfonamides is 1. The van der Waals surface area contributed by atoms with Gasteiger partial charge in [-0.05, 0) is 12.1 Å². The molecule has 0 saturated heterocycles. The van der Waals surface area contributed by atoms with Gasteiger partial charge in [0.25, 0.3) is 10.0 Å². The summed E-state index contributed by atoms with van der Waals surface area (Å²) in [6, 6.07) is 4.60. The van der Waals surface area contributed by atoms with Crippen molar-refractivity contribution in [2.24, 2.45) is 11.0 Å². The lowest BCUT2D eigenvalue weighted by Crippen LogP contribution is -2.40. The molecule has 118 valence electrons. The maximum absolute atomic E-state index is 12.3. The van der Waals surface area contributed by atoms with Gasteiger partial charge in [0.1, 0.15) is 4.90 Å². The Morgan fingerprint density at radius 1 is 1.36 bits per heavy atom. The standard InChI is InChI=1S/C13H15N3O5S/c1-9-7-14-16(8-9)13(18)15-22(19,20)11-6-4-3-5-10(11)12(17)21-2/h3-7,9H,8H2,1-2H3,(H,15,18). The van der Waals surface area contributed by atoms with Crippen molar-refractivity contribution in [2.45, 2.75) is 11.8 Å². The molecule has 9 heteroatoms. The quantitative estimate of drug-likeness (QED) is 0.828. The lowest BCUT2D eigenvalue weighted by atomic mass is 10.2. The average Bonchev–Trinajstić information content (AvgIpc) is 2.93. The summed E-state index contributed by atoms with van der Waals surface area (Å²) in [5, 5.41) is 4.83. The van der Waals surface area contributed by atoms with Crippen molar-refractivity contribution < 1.29 is 22.7 Å². The first-order valence-electron chi connectivity index (χ1n) is 6.41. The number of hydrogen-bond acceptors (Lipinski definition) is 6. The zero-order valence-corrected chi connectivity index (χ0v) is 12.8. The van der Waals surface area contributed by atoms with Gasteiger partial charge in [0.2, 0.25) is 0 Å². The van der Waals surface area contributed by atoms with Gasteiger partial charge in [-0.1, -0.05) is 19.1 Å². The lowest BCUT2D eigenvalue weighted by Gasteiger charge is -2.15. The predicted octanol–water partition coefficient (Wildman–Crippen LogP) is 0.809. The van der Waals surface area contributed by atoms with Gasteiger partial charge in [0, 0.05) is 12.1 Å². The highest BCUT2D eigenvalue weighted by Crippen LogP contribution is 2.17. The summed E-state index contributed by atoms with van der Waals surface area (Å²) in [6.07, 6.45) is 1.55. The molecule has 8 nitrogen and oxygen atoms in total. The molecule has 0 fully saturated rings. The van der Waals surface area contributed by atoms with Crippen LogP contribution in [0.15, 0.2) is 34.3 Å². The molecule has 22 heavy (non-hydrogen) atoms. The van der Waals surface area contributed by atoms with Crippen molar-refractivity contribution in [2.75, 3.05) is 13.7 Å². The zero-order valence-electron chi connectivity index (χ0n) is 12.0. The molecule has 1 unspecified atom stereocenters. The van der Waals surface area contributed by atoms with Crippen LogP contribution >= 0.6 is 0 Å². The normalized spacial score (nSPS) is 17.4. The summed E-state index contributed by atoms with van der Waals surface area (Å²) in [5.41, 5.74) is -0.149. The van der Waals surface area contributed by atoms with Crippen molar-refractivity contribution in [3.63, 3.8) is 0 Å². The number of esters is 1. The van der Waals surface area contributed by atoms with Crippen LogP contribution in [0.2, 0.25) is 0 Å². The van der Waals surface area contributed by atoms with E-state index in [9.17, 15) is 18.0 Å². The third-order valence-electron chi connectivity index (χ3n) is 2.96. The molecular weight excluding hydrogens is 310 g/mol. The Labute approximate surface area is 127 Å². The Balaban J connectivity index is 2.26. The van der Waals surface area contributed by atoms with E-state index in [4.69, 9.17) is 0 Å². The minimum Gasteiger partial charge on any atom is -0.465 e. The van der Waals surface area contributed by atoms with Crippen molar-refractivity contribution >= 4 is 28.2 Å². The van der Waals surface area contributed by atoms with E-state index in [1.54, 1.807) is 6.21 Å². The molecule has 0 spiro atoms. The molecule has 1 heterocycles. The molecule has 1 aromatic carbocycles. The number of nitrogens with one attached hydrogen (secondary N) is 1. The number of benzene rings is 1. The molecule has 0 bridgehead atoms. The zero-order chi connectivity index (χ0) is 16.3. The van der Waals surface area contributed by atoms with Crippen molar-refractivity contribution in [1.82, 2.24) is 9.73 Å². The summed E-state index contributed by atoms with van der Waals surface area (Å²) in [7, 11) is -3.07. The topological polar surface area (TPSA) is 105 Å². The van der Waals surface area contributed by atoms with E-state index >= 15 is 0 Å². The first kappa shape index (κ1) is 16.0. The largest absolute Gasteiger partial charge is 0.465 e. The number of carbonyl (C=O) groups excluding carboxylic acids is 2. The van der Waals surface area contributed by atoms with Gasteiger partial charge < -0.3 is 4.74 Å². The minimum atomic E-state index is -4.22. The maximum atomic E-state index is 12.3. The highest BCUT2D eigenvalue weighted by atomic mass is 32.2. The fraction of sp³-hybridized carbons (Fsp3) is 0.308. The van der Waals surface area contributed by atoms with Crippen LogP contribution in [0.25, 0.3) is 0 Å². The average molecular weight is 325 g/mol. The van der Waals surface area contributed by atoms with Crippen molar-refractivity contribution in [1.29, 1.82) is 0 Å². The van der Waals surface area contributed by atoms with Crippen LogP contribution in [0.3, 0.4) is 0 Å². The Morgan fingerprint density at radius 3 is 2.64 bits per heavy atom. The van der Waals surface area contributed by atoms with E-state index in [0.717, 1.165) is 12.1 Å². The Kier molecular flexibility index (Phi) is 4.45. The number of rotatable bonds is 3. The second-order valence-electron chi connectivity index (χ2n) is 4.72. The van der Waals surface area contributed by atoms with Gasteiger partial charge in [-0.25, -0.2) is 27.7 Å². The van der Waals surface area contributed by atoms with Crippen LogP contribution in [-0.2, 0) is 14.8 Å². The van der Waals surface area contributed by atoms with Gasteiger partial charge in [0.15, 0.2) is 0 Å². The number of carbonyl (C=O) groups is 2. The number of urea groups is 1. The van der Waals surface area contributed by atoms with E-state index < -0.39 is 22.0 Å². The molecule has 1 aromatic rings. The number of hydrazone groups is 1. The van der Waals surface area contributed by atoms with Gasteiger partial charge in [-0.15, -0.1) is 0 Å². The first-order chi connectivity index (χ1) is 10.3. The van der Waals surface area contributed by atoms with E-state index in [1.165, 1.54) is 24.3 Å². The summed E-state index contributed by atoms with van der Waals surface area (Å²) in [5.74, 6) is -0.753. The Morgan fingerprint density at radius 2 is 2.05 bits per heavy atom. The van der Waals surface area contributed by atoms with Crippen LogP contribution in [0, 0.1) is 5.92 Å². The third-order valence-corrected chi connectivity index (χ3v) is 4.34. The molecule has 0 radical (unpaired) electrons. The van der Waals surface area contributed by atoms with E-state index in [0.29, 0.717) is 6.54 Å². The molecule has 0 saturated carbocycles. The van der Waals surface area contributed by atoms with Gasteiger partial charge in [-0.3, -0.25) is 0 Å². The minimum absolute atomic E-state index is 0.0517. The second kappa shape index (κ2) is 6.14. The molecule has 1 aliphatic rings. The summed E-state index contributed by atoms with van der Waals surface area (Å²) in [6.45, 7) is 2.14. The summed E-state index contributed by atoms with van der Waals surface area (Å²) in [4.78, 5) is 23.2. The Hall–Kier alpha value is -2.42. The molecule has 0 aromatic heterocycles. The molecule has 0 aliphatic carbocycles. The number of amides is 2. The fourth-order valence-corrected chi connectivity index (χ4v) is 3.04. The molecule has 2 amide bonds. The van der Waals surface area contributed by atoms with Crippen LogP contribution in [0.5, 0.6) is 0 Å². The van der Waals surface area contributed by atoms with E-state index in [2.05, 4.69) is 9.84 Å². The van der Waals surface area contributed by atoms with Gasteiger partial charge in [-0.2, -0.15) is 5.10 Å². The number of methoxy groups -OCH3 is 1. The molecular formula is C13H15N3O5S. The second-order valence-corrected chi connectivity index (χ2v) is 6.37. The van der Waals surface area contributed by atoms with Gasteiger partial charge in [0.05, 0.1) is 19.2 Å². The number of ether oxygens (including phenoxy) is 1. The fourth-order valence-electron chi connectivity index (χ4n) is 1.90. The monoisotopic (exact) mass is 325 g/mol. The van der Waals surface area contributed by atoms with Crippen LogP contribution in [0.4, 0.5) is 4.79 Å². The van der Waals surface area contributed by atoms with Crippen LogP contribution < -0.4 is 4.72 Å². The van der Waals surface area contributed by atoms with E-state index in [-0.39, 0.29) is 16.4 Å². The summed E-state index contributed by atoms with van der Waals surface area (Å²) < 4.78 is 31.0. The highest BCUT2D eigenvalue weighted by molar-refractivity contribution is 7.90. The van der Waals surface area contributed by atoms with Crippen molar-refractivity contribution in [3.8, 4) is 0 Å². The number of hydrogen-bond donors (Lipinski definition) is 1. The van der Waals surface area contributed by atoms with Crippen molar-refractivity contribution in [3.05, 3.63) is 29.8 Å². The third kappa shape index (κ3) is 3.25. The van der Waals surface area contributed by atoms with Gasteiger partial charge >= 0.3 is 12.0 Å². The highest BCUT2D eigenvalue weighted by Gasteiger charge is 2.28. The first-order valence-corrected chi connectivity index (χ1v) is 7.89. The smallest absolute Gasteiger partial charge is 0.351 e. The Bertz CT molecular complexity index is 729. The van der Waals surface area contributed by atoms with Crippen LogP contribution in [-0.4, -0.2) is 45.3 Å². The van der Waals surface area contributed by atoms with E-state index in [1.807, 2.05) is 11.6 Å². The lowest BCUT2D eigenvalue weighted by molar-refractivity contribution is 0.0596. The number of nitrogens with zero attached hydrogens (tertiary/aromatic N) is 2. The molecule has 1 N–H and O–H groups in total. The predicted molar refractivity (Wildman–Crippen MR) is 77.9 cm³/mol. The summed E-state index contributed by atoms with van der Waals surface area (Å²) >= 11 is 0.